The Morgan fingerprint density at radius 1 is 1.44 bits per heavy atom. The van der Waals surface area contributed by atoms with Gasteiger partial charge in [-0.15, -0.1) is 0 Å². The van der Waals surface area contributed by atoms with Crippen molar-refractivity contribution >= 4 is 0 Å². The lowest BCUT2D eigenvalue weighted by Crippen LogP contribution is -2.67. The van der Waals surface area contributed by atoms with E-state index in [4.69, 9.17) is 0 Å². The molecule has 1 N–H and O–H groups in total. The number of quaternary nitrogens is 1. The summed E-state index contributed by atoms with van der Waals surface area (Å²) in [4.78, 5) is 0. The van der Waals surface area contributed by atoms with Gasteiger partial charge >= 0.3 is 0 Å². The number of hydrogen-bond donors (Lipinski definition) is 1. The van der Waals surface area contributed by atoms with Gasteiger partial charge in [-0.3, -0.25) is 0 Å². The van der Waals surface area contributed by atoms with Gasteiger partial charge in [-0.1, -0.05) is 24.8 Å². The molecular formula is C15H23NO2. The molecule has 0 radical (unpaired) electrons. The van der Waals surface area contributed by atoms with Gasteiger partial charge in [0, 0.05) is 12.8 Å². The fourth-order valence-corrected chi connectivity index (χ4v) is 3.71. The zero-order valence-corrected chi connectivity index (χ0v) is 11.4. The minimum absolute atomic E-state index is 0.00776. The van der Waals surface area contributed by atoms with Crippen molar-refractivity contribution in [3.8, 4) is 11.8 Å². The molecule has 0 aromatic heterocycles. The van der Waals surface area contributed by atoms with Crippen LogP contribution in [-0.2, 0) is 0 Å². The predicted molar refractivity (Wildman–Crippen MR) is 72.3 cm³/mol. The van der Waals surface area contributed by atoms with Crippen molar-refractivity contribution in [1.29, 1.82) is 0 Å². The Bertz CT molecular complexity index is 393. The van der Waals surface area contributed by atoms with Gasteiger partial charge < -0.3 is 15.0 Å². The second-order valence-corrected chi connectivity index (χ2v) is 5.97. The quantitative estimate of drug-likeness (QED) is 0.406. The summed E-state index contributed by atoms with van der Waals surface area (Å²) in [6.07, 6.45) is 5.99. The standard InChI is InChI=1S/C15H23NO2/c1-4-5-10-15(17)11-12(2)16(3,18)14-9-7-6-8-13(14)15/h4,12-14,17H,1,6-9,11H2,2-3H3. The second-order valence-electron chi connectivity index (χ2n) is 5.97. The Morgan fingerprint density at radius 2 is 2.11 bits per heavy atom. The van der Waals surface area contributed by atoms with Crippen LogP contribution in [-0.4, -0.2) is 34.5 Å². The largest absolute Gasteiger partial charge is 0.633 e. The van der Waals surface area contributed by atoms with Crippen molar-refractivity contribution in [2.45, 2.75) is 56.7 Å². The third-order valence-corrected chi connectivity index (χ3v) is 4.87. The summed E-state index contributed by atoms with van der Waals surface area (Å²) in [5, 5.41) is 23.6. The maximum absolute atomic E-state index is 12.7. The molecule has 0 bridgehead atoms. The maximum Gasteiger partial charge on any atom is 0.139 e. The molecule has 0 aromatic carbocycles. The smallest absolute Gasteiger partial charge is 0.139 e. The summed E-state index contributed by atoms with van der Waals surface area (Å²) in [5.74, 6) is 5.76. The third-order valence-electron chi connectivity index (χ3n) is 4.87. The van der Waals surface area contributed by atoms with Crippen LogP contribution in [0.4, 0.5) is 0 Å². The molecule has 2 aliphatic rings. The topological polar surface area (TPSA) is 43.3 Å². The van der Waals surface area contributed by atoms with Gasteiger partial charge in [0.1, 0.15) is 5.60 Å². The molecule has 3 heteroatoms. The van der Waals surface area contributed by atoms with E-state index in [1.807, 2.05) is 6.92 Å². The lowest BCUT2D eigenvalue weighted by Gasteiger charge is -2.60. The molecule has 1 heterocycles. The minimum atomic E-state index is -0.999. The molecule has 1 aliphatic heterocycles. The van der Waals surface area contributed by atoms with Gasteiger partial charge in [-0.25, -0.2) is 0 Å². The predicted octanol–water partition coefficient (Wildman–Crippen LogP) is 2.20. The Labute approximate surface area is 110 Å². The number of likely N-dealkylation sites (tertiary alicyclic amines) is 1. The molecular weight excluding hydrogens is 226 g/mol. The van der Waals surface area contributed by atoms with E-state index in [0.29, 0.717) is 6.42 Å². The zero-order valence-electron chi connectivity index (χ0n) is 11.4. The van der Waals surface area contributed by atoms with E-state index in [-0.39, 0.29) is 22.6 Å². The van der Waals surface area contributed by atoms with Crippen LogP contribution in [0.15, 0.2) is 12.7 Å². The van der Waals surface area contributed by atoms with Crippen LogP contribution in [0.1, 0.15) is 39.0 Å². The lowest BCUT2D eigenvalue weighted by atomic mass is 9.67. The maximum atomic E-state index is 12.7. The number of nitrogens with zero attached hydrogens (tertiary/aromatic N) is 1. The molecule has 1 saturated heterocycles. The van der Waals surface area contributed by atoms with Crippen LogP contribution in [0.2, 0.25) is 0 Å². The first-order valence-electron chi connectivity index (χ1n) is 6.84. The Morgan fingerprint density at radius 3 is 2.78 bits per heavy atom. The van der Waals surface area contributed by atoms with Crippen molar-refractivity contribution in [3.63, 3.8) is 0 Å². The second kappa shape index (κ2) is 4.70. The highest BCUT2D eigenvalue weighted by molar-refractivity contribution is 5.24. The molecule has 5 unspecified atom stereocenters. The van der Waals surface area contributed by atoms with Crippen LogP contribution in [0.25, 0.3) is 0 Å². The van der Waals surface area contributed by atoms with Crippen LogP contribution < -0.4 is 0 Å². The van der Waals surface area contributed by atoms with E-state index in [9.17, 15) is 10.3 Å². The molecule has 2 fully saturated rings. The number of fused-ring (bicyclic) bond motifs is 1. The molecule has 3 nitrogen and oxygen atoms in total. The molecule has 0 spiro atoms. The SMILES string of the molecule is C=CC#CC1(O)CC(C)[N+](C)([O-])C2CCCCC21. The van der Waals surface area contributed by atoms with E-state index in [1.165, 1.54) is 6.08 Å². The molecule has 0 aromatic rings. The van der Waals surface area contributed by atoms with Crippen LogP contribution in [0.3, 0.4) is 0 Å². The number of hydroxylamine groups is 3. The average molecular weight is 249 g/mol. The van der Waals surface area contributed by atoms with Crippen molar-refractivity contribution in [2.75, 3.05) is 7.05 Å². The number of rotatable bonds is 0. The fourth-order valence-electron chi connectivity index (χ4n) is 3.71. The van der Waals surface area contributed by atoms with Crippen molar-refractivity contribution < 1.29 is 9.75 Å². The third kappa shape index (κ3) is 2.09. The van der Waals surface area contributed by atoms with Gasteiger partial charge in [0.15, 0.2) is 0 Å². The Kier molecular flexibility index (Phi) is 3.55. The summed E-state index contributed by atoms with van der Waals surface area (Å²) in [6.45, 7) is 5.51. The summed E-state index contributed by atoms with van der Waals surface area (Å²) in [6, 6.07) is -0.111. The molecule has 5 atom stereocenters. The Balaban J connectivity index is 2.36. The highest BCUT2D eigenvalue weighted by atomic mass is 16.5. The first-order valence-corrected chi connectivity index (χ1v) is 6.84. The van der Waals surface area contributed by atoms with Crippen LogP contribution >= 0.6 is 0 Å². The zero-order chi connectivity index (χ0) is 13.4. The number of piperidine rings is 1. The van der Waals surface area contributed by atoms with Gasteiger partial charge in [0.05, 0.1) is 25.0 Å². The van der Waals surface area contributed by atoms with E-state index in [0.717, 1.165) is 25.7 Å². The summed E-state index contributed by atoms with van der Waals surface area (Å²) < 4.78 is -0.219. The first-order chi connectivity index (χ1) is 8.42. The van der Waals surface area contributed by atoms with E-state index >= 15 is 0 Å². The van der Waals surface area contributed by atoms with Crippen molar-refractivity contribution in [2.24, 2.45) is 5.92 Å². The average Bonchev–Trinajstić information content (AvgIpc) is 2.35. The lowest BCUT2D eigenvalue weighted by molar-refractivity contribution is -0.923. The molecule has 1 saturated carbocycles. The molecule has 1 aliphatic carbocycles. The number of hydrogen-bond acceptors (Lipinski definition) is 2. The van der Waals surface area contributed by atoms with Crippen LogP contribution in [0, 0.1) is 23.0 Å². The fraction of sp³-hybridized carbons (Fsp3) is 0.733. The first kappa shape index (κ1) is 13.6. The van der Waals surface area contributed by atoms with E-state index in [1.54, 1.807) is 7.05 Å². The van der Waals surface area contributed by atoms with Gasteiger partial charge in [-0.2, -0.15) is 0 Å². The highest BCUT2D eigenvalue weighted by Gasteiger charge is 2.54. The number of aliphatic hydroxyl groups is 1. The minimum Gasteiger partial charge on any atom is -0.633 e. The molecule has 18 heavy (non-hydrogen) atoms. The molecule has 2 rings (SSSR count). The highest BCUT2D eigenvalue weighted by Crippen LogP contribution is 2.46. The monoisotopic (exact) mass is 249 g/mol. The number of allylic oxidation sites excluding steroid dienone is 1. The van der Waals surface area contributed by atoms with E-state index in [2.05, 4.69) is 18.4 Å². The van der Waals surface area contributed by atoms with Crippen molar-refractivity contribution in [1.82, 2.24) is 0 Å². The summed E-state index contributed by atoms with van der Waals surface area (Å²) >= 11 is 0. The summed E-state index contributed by atoms with van der Waals surface area (Å²) in [7, 11) is 1.76. The van der Waals surface area contributed by atoms with Gasteiger partial charge in [0.2, 0.25) is 0 Å². The summed E-state index contributed by atoms with van der Waals surface area (Å²) in [5.41, 5.74) is -0.999. The van der Waals surface area contributed by atoms with Crippen molar-refractivity contribution in [3.05, 3.63) is 17.9 Å². The van der Waals surface area contributed by atoms with E-state index < -0.39 is 5.60 Å². The Hall–Kier alpha value is -0.820. The molecule has 100 valence electrons. The van der Waals surface area contributed by atoms with Gasteiger partial charge in [0.25, 0.3) is 0 Å². The normalized spacial score (nSPS) is 47.7. The van der Waals surface area contributed by atoms with Crippen LogP contribution in [0.5, 0.6) is 0 Å². The molecule has 0 amide bonds. The van der Waals surface area contributed by atoms with Gasteiger partial charge in [-0.05, 0) is 25.8 Å².